The zero-order valence-corrected chi connectivity index (χ0v) is 14.9. The molecular weight excluding hydrogens is 351 g/mol. The van der Waals surface area contributed by atoms with Crippen LogP contribution in [0.2, 0.25) is 5.02 Å². The van der Waals surface area contributed by atoms with Crippen LogP contribution < -0.4 is 9.47 Å². The molecule has 0 bridgehead atoms. The summed E-state index contributed by atoms with van der Waals surface area (Å²) < 4.78 is 18.8. The number of imidazole rings is 1. The van der Waals surface area contributed by atoms with E-state index < -0.39 is 0 Å². The first-order valence-corrected chi connectivity index (χ1v) is 7.88. The molecule has 0 unspecified atom stereocenters. The minimum absolute atomic E-state index is 0. The van der Waals surface area contributed by atoms with Crippen molar-refractivity contribution in [1.29, 1.82) is 0 Å². The molecule has 2 atom stereocenters. The number of rotatable bonds is 7. The van der Waals surface area contributed by atoms with Gasteiger partial charge in [-0.15, -0.1) is 12.4 Å². The summed E-state index contributed by atoms with van der Waals surface area (Å²) in [6.07, 6.45) is 10.6. The molecule has 0 saturated carbocycles. The van der Waals surface area contributed by atoms with Gasteiger partial charge in [-0.2, -0.15) is 0 Å². The smallest absolute Gasteiger partial charge is 0.138 e. The van der Waals surface area contributed by atoms with Gasteiger partial charge < -0.3 is 18.8 Å². The van der Waals surface area contributed by atoms with Crippen LogP contribution in [0.4, 0.5) is 0 Å². The number of aryl methyl sites for hydroxylation is 1. The molecular formula is C17H20Cl2N2O3. The van der Waals surface area contributed by atoms with E-state index in [0.717, 1.165) is 13.0 Å². The van der Waals surface area contributed by atoms with Crippen molar-refractivity contribution in [3.05, 3.63) is 54.1 Å². The Balaban J connectivity index is 0.00000208. The van der Waals surface area contributed by atoms with E-state index in [4.69, 9.17) is 25.8 Å². The molecule has 2 heterocycles. The highest BCUT2D eigenvalue weighted by Gasteiger charge is 2.20. The lowest BCUT2D eigenvalue weighted by Crippen LogP contribution is -2.20. The van der Waals surface area contributed by atoms with Gasteiger partial charge in [0.15, 0.2) is 0 Å². The predicted molar refractivity (Wildman–Crippen MR) is 95.4 cm³/mol. The number of benzene rings is 1. The average Bonchev–Trinajstić information content (AvgIpc) is 3.23. The van der Waals surface area contributed by atoms with Crippen LogP contribution in [0.3, 0.4) is 0 Å². The van der Waals surface area contributed by atoms with Crippen molar-refractivity contribution in [2.75, 3.05) is 13.7 Å². The third kappa shape index (κ3) is 4.90. The number of methoxy groups -OCH3 is 1. The highest BCUT2D eigenvalue weighted by atomic mass is 35.5. The van der Waals surface area contributed by atoms with Crippen molar-refractivity contribution in [3.8, 4) is 11.5 Å². The van der Waals surface area contributed by atoms with Gasteiger partial charge in [0, 0.05) is 25.0 Å². The average molecular weight is 371 g/mol. The Kier molecular flexibility index (Phi) is 6.97. The normalized spacial score (nSPS) is 19.1. The Labute approximate surface area is 152 Å². The van der Waals surface area contributed by atoms with Crippen molar-refractivity contribution in [1.82, 2.24) is 9.55 Å². The number of hydrogen-bond donors (Lipinski definition) is 0. The second kappa shape index (κ2) is 8.97. The van der Waals surface area contributed by atoms with Crippen molar-refractivity contribution in [2.45, 2.75) is 25.2 Å². The van der Waals surface area contributed by atoms with Crippen LogP contribution in [-0.2, 0) is 11.3 Å². The molecule has 1 aliphatic rings. The van der Waals surface area contributed by atoms with E-state index in [1.165, 1.54) is 0 Å². The lowest BCUT2D eigenvalue weighted by atomic mass is 10.2. The number of ether oxygens (including phenoxy) is 3. The maximum Gasteiger partial charge on any atom is 0.138 e. The molecule has 1 aliphatic heterocycles. The summed E-state index contributed by atoms with van der Waals surface area (Å²) in [7, 11) is 1.60. The second-order valence-electron chi connectivity index (χ2n) is 5.29. The van der Waals surface area contributed by atoms with Gasteiger partial charge >= 0.3 is 0 Å². The van der Waals surface area contributed by atoms with E-state index in [9.17, 15) is 0 Å². The van der Waals surface area contributed by atoms with Crippen molar-refractivity contribution in [3.63, 3.8) is 0 Å². The quantitative estimate of drug-likeness (QED) is 0.696. The second-order valence-corrected chi connectivity index (χ2v) is 5.70. The SMILES string of the molecule is COc1ccc(OC[C@H]2C=C[C@H](CCn3ccnc3)O2)c(Cl)c1.Cl. The molecule has 3 rings (SSSR count). The Morgan fingerprint density at radius 1 is 1.29 bits per heavy atom. The summed E-state index contributed by atoms with van der Waals surface area (Å²) in [5.74, 6) is 1.34. The fourth-order valence-corrected chi connectivity index (χ4v) is 2.64. The van der Waals surface area contributed by atoms with Gasteiger partial charge in [-0.1, -0.05) is 23.8 Å². The van der Waals surface area contributed by atoms with Gasteiger partial charge in [0.25, 0.3) is 0 Å². The standard InChI is InChI=1S/C17H19ClN2O3.ClH/c1-21-14-4-5-17(16(18)10-14)22-11-15-3-2-13(23-15)6-8-20-9-7-19-12-20;/h2-5,7,9-10,12-13,15H,6,8,11H2,1H3;1H/t13-,15-;/m1./s1. The number of halogens is 2. The Hall–Kier alpha value is -1.69. The van der Waals surface area contributed by atoms with Crippen molar-refractivity contribution in [2.24, 2.45) is 0 Å². The van der Waals surface area contributed by atoms with Crippen LogP contribution in [0.1, 0.15) is 6.42 Å². The lowest BCUT2D eigenvalue weighted by molar-refractivity contribution is 0.0268. The topological polar surface area (TPSA) is 45.5 Å². The molecule has 130 valence electrons. The Bertz CT molecular complexity index is 662. The maximum atomic E-state index is 6.16. The molecule has 0 amide bonds. The van der Waals surface area contributed by atoms with Gasteiger partial charge in [-0.05, 0) is 18.6 Å². The van der Waals surface area contributed by atoms with Gasteiger partial charge in [-0.3, -0.25) is 0 Å². The molecule has 0 saturated heterocycles. The molecule has 2 aromatic rings. The molecule has 0 fully saturated rings. The van der Waals surface area contributed by atoms with Crippen LogP contribution in [0, 0.1) is 0 Å². The van der Waals surface area contributed by atoms with Crippen LogP contribution in [0.25, 0.3) is 0 Å². The molecule has 5 nitrogen and oxygen atoms in total. The summed E-state index contributed by atoms with van der Waals surface area (Å²) >= 11 is 6.16. The Morgan fingerprint density at radius 3 is 2.83 bits per heavy atom. The fourth-order valence-electron chi connectivity index (χ4n) is 2.42. The van der Waals surface area contributed by atoms with Crippen LogP contribution in [-0.4, -0.2) is 35.5 Å². The molecule has 0 aliphatic carbocycles. The number of hydrogen-bond acceptors (Lipinski definition) is 4. The third-order valence-electron chi connectivity index (χ3n) is 3.66. The first kappa shape index (κ1) is 18.6. The van der Waals surface area contributed by atoms with E-state index in [1.807, 2.05) is 29.2 Å². The van der Waals surface area contributed by atoms with Gasteiger partial charge in [0.05, 0.1) is 24.6 Å². The number of aromatic nitrogens is 2. The minimum atomic E-state index is -0.0547. The highest BCUT2D eigenvalue weighted by molar-refractivity contribution is 6.32. The summed E-state index contributed by atoms with van der Waals surface area (Å²) in [6.45, 7) is 1.32. The van der Waals surface area contributed by atoms with Gasteiger partial charge in [-0.25, -0.2) is 4.98 Å². The zero-order chi connectivity index (χ0) is 16.1. The molecule has 1 aromatic heterocycles. The zero-order valence-electron chi connectivity index (χ0n) is 13.3. The van der Waals surface area contributed by atoms with E-state index in [1.54, 1.807) is 25.4 Å². The number of nitrogens with zero attached hydrogens (tertiary/aromatic N) is 2. The summed E-state index contributed by atoms with van der Waals surface area (Å²) in [4.78, 5) is 4.03. The molecule has 7 heteroatoms. The van der Waals surface area contributed by atoms with Crippen LogP contribution >= 0.6 is 24.0 Å². The lowest BCUT2D eigenvalue weighted by Gasteiger charge is -2.16. The predicted octanol–water partition coefficient (Wildman–Crippen LogP) is 3.76. The van der Waals surface area contributed by atoms with E-state index in [2.05, 4.69) is 11.1 Å². The molecule has 0 spiro atoms. The van der Waals surface area contributed by atoms with Crippen LogP contribution in [0.15, 0.2) is 49.1 Å². The maximum absolute atomic E-state index is 6.16. The molecule has 0 radical (unpaired) electrons. The minimum Gasteiger partial charge on any atom is -0.497 e. The molecule has 24 heavy (non-hydrogen) atoms. The van der Waals surface area contributed by atoms with Gasteiger partial charge in [0.1, 0.15) is 24.2 Å². The van der Waals surface area contributed by atoms with E-state index in [0.29, 0.717) is 23.1 Å². The monoisotopic (exact) mass is 370 g/mol. The van der Waals surface area contributed by atoms with Crippen molar-refractivity contribution < 1.29 is 14.2 Å². The first-order valence-electron chi connectivity index (χ1n) is 7.50. The Morgan fingerprint density at radius 2 is 2.12 bits per heavy atom. The van der Waals surface area contributed by atoms with Crippen LogP contribution in [0.5, 0.6) is 11.5 Å². The van der Waals surface area contributed by atoms with Gasteiger partial charge in [0.2, 0.25) is 0 Å². The fraction of sp³-hybridized carbons (Fsp3) is 0.353. The molecule has 1 aromatic carbocycles. The first-order chi connectivity index (χ1) is 11.2. The summed E-state index contributed by atoms with van der Waals surface area (Å²) in [5, 5.41) is 0.531. The molecule has 0 N–H and O–H groups in total. The summed E-state index contributed by atoms with van der Waals surface area (Å²) in [5.41, 5.74) is 0. The van der Waals surface area contributed by atoms with E-state index in [-0.39, 0.29) is 24.6 Å². The van der Waals surface area contributed by atoms with E-state index >= 15 is 0 Å². The summed E-state index contributed by atoms with van der Waals surface area (Å²) in [6, 6.07) is 5.35. The highest BCUT2D eigenvalue weighted by Crippen LogP contribution is 2.29. The third-order valence-corrected chi connectivity index (χ3v) is 3.96. The largest absolute Gasteiger partial charge is 0.497 e. The van der Waals surface area contributed by atoms with Crippen molar-refractivity contribution >= 4 is 24.0 Å².